The van der Waals surface area contributed by atoms with Gasteiger partial charge in [-0.1, -0.05) is 20.8 Å². The second-order valence-corrected chi connectivity index (χ2v) is 6.65. The van der Waals surface area contributed by atoms with Gasteiger partial charge < -0.3 is 4.90 Å². The van der Waals surface area contributed by atoms with Gasteiger partial charge in [0.25, 0.3) is 0 Å². The highest BCUT2D eigenvalue weighted by Crippen LogP contribution is 2.27. The molecule has 0 fully saturated rings. The van der Waals surface area contributed by atoms with Gasteiger partial charge in [-0.05, 0) is 43.3 Å². The topological polar surface area (TPSA) is 16.1 Å². The number of rotatable bonds is 2. The Labute approximate surface area is 108 Å². The fraction of sp³-hybridized carbons (Fsp3) is 0.545. The monoisotopic (exact) mass is 334 g/mol. The van der Waals surface area contributed by atoms with Crippen molar-refractivity contribution in [3.05, 3.63) is 21.2 Å². The Morgan fingerprint density at radius 2 is 1.93 bits per heavy atom. The van der Waals surface area contributed by atoms with Crippen LogP contribution in [0.3, 0.4) is 0 Å². The third-order valence-electron chi connectivity index (χ3n) is 1.86. The summed E-state index contributed by atoms with van der Waals surface area (Å²) in [6, 6.07) is 2.02. The molecule has 0 aromatic carbocycles. The molecule has 0 aliphatic carbocycles. The maximum atomic E-state index is 4.39. The zero-order chi connectivity index (χ0) is 11.6. The summed E-state index contributed by atoms with van der Waals surface area (Å²) in [5.41, 5.74) is 0.267. The highest BCUT2D eigenvalue weighted by molar-refractivity contribution is 9.11. The summed E-state index contributed by atoms with van der Waals surface area (Å²) in [5.74, 6) is 0.980. The van der Waals surface area contributed by atoms with E-state index in [0.29, 0.717) is 0 Å². The summed E-state index contributed by atoms with van der Waals surface area (Å²) in [6.45, 7) is 7.63. The molecule has 4 heteroatoms. The highest BCUT2D eigenvalue weighted by atomic mass is 79.9. The third-order valence-corrected chi connectivity index (χ3v) is 2.88. The Morgan fingerprint density at radius 1 is 1.33 bits per heavy atom. The molecule has 2 nitrogen and oxygen atoms in total. The van der Waals surface area contributed by atoms with Crippen molar-refractivity contribution in [3.63, 3.8) is 0 Å². The minimum atomic E-state index is 0.267. The van der Waals surface area contributed by atoms with Gasteiger partial charge in [-0.2, -0.15) is 0 Å². The smallest absolute Gasteiger partial charge is 0.142 e. The zero-order valence-corrected chi connectivity index (χ0v) is 12.7. The van der Waals surface area contributed by atoms with E-state index in [1.807, 2.05) is 12.3 Å². The van der Waals surface area contributed by atoms with Crippen molar-refractivity contribution in [1.29, 1.82) is 0 Å². The molecule has 0 unspecified atom stereocenters. The number of pyridine rings is 1. The number of nitrogens with zero attached hydrogens (tertiary/aromatic N) is 2. The molecule has 0 atom stereocenters. The molecular weight excluding hydrogens is 320 g/mol. The van der Waals surface area contributed by atoms with Crippen LogP contribution < -0.4 is 4.90 Å². The van der Waals surface area contributed by atoms with E-state index < -0.39 is 0 Å². The lowest BCUT2D eigenvalue weighted by Gasteiger charge is -2.28. The van der Waals surface area contributed by atoms with E-state index in [1.54, 1.807) is 0 Å². The average molecular weight is 336 g/mol. The standard InChI is InChI=1S/C11H16Br2N2/c1-11(2,3)7-15(4)10-9(13)5-8(12)6-14-10/h5-6H,7H2,1-4H3. The van der Waals surface area contributed by atoms with Crippen LogP contribution in [0.5, 0.6) is 0 Å². The van der Waals surface area contributed by atoms with Crippen molar-refractivity contribution < 1.29 is 0 Å². The molecule has 0 saturated carbocycles. The van der Waals surface area contributed by atoms with Crippen LogP contribution in [0.15, 0.2) is 21.2 Å². The van der Waals surface area contributed by atoms with Crippen LogP contribution in [0.1, 0.15) is 20.8 Å². The van der Waals surface area contributed by atoms with Crippen molar-refractivity contribution >= 4 is 37.7 Å². The van der Waals surface area contributed by atoms with Crippen LogP contribution in [0, 0.1) is 5.41 Å². The van der Waals surface area contributed by atoms with Crippen molar-refractivity contribution in [2.75, 3.05) is 18.5 Å². The molecule has 1 heterocycles. The Hall–Kier alpha value is -0.0900. The van der Waals surface area contributed by atoms with Gasteiger partial charge in [0.05, 0.1) is 4.47 Å². The van der Waals surface area contributed by atoms with Gasteiger partial charge in [0, 0.05) is 24.3 Å². The lowest BCUT2D eigenvalue weighted by molar-refractivity contribution is 0.417. The van der Waals surface area contributed by atoms with Gasteiger partial charge in [0.1, 0.15) is 5.82 Å². The first-order valence-electron chi connectivity index (χ1n) is 4.82. The second kappa shape index (κ2) is 4.83. The second-order valence-electron chi connectivity index (χ2n) is 4.88. The van der Waals surface area contributed by atoms with E-state index in [0.717, 1.165) is 21.3 Å². The van der Waals surface area contributed by atoms with Crippen LogP contribution in [0.4, 0.5) is 5.82 Å². The third kappa shape index (κ3) is 4.11. The molecule has 15 heavy (non-hydrogen) atoms. The van der Waals surface area contributed by atoms with Gasteiger partial charge in [-0.15, -0.1) is 0 Å². The molecule has 0 N–H and O–H groups in total. The molecule has 84 valence electrons. The summed E-state index contributed by atoms with van der Waals surface area (Å²) in [5, 5.41) is 0. The van der Waals surface area contributed by atoms with E-state index in [2.05, 4.69) is 69.6 Å². The largest absolute Gasteiger partial charge is 0.358 e. The number of aromatic nitrogens is 1. The van der Waals surface area contributed by atoms with E-state index in [9.17, 15) is 0 Å². The van der Waals surface area contributed by atoms with Gasteiger partial charge in [-0.3, -0.25) is 0 Å². The molecule has 0 aliphatic rings. The van der Waals surface area contributed by atoms with Crippen molar-refractivity contribution in [1.82, 2.24) is 4.98 Å². The van der Waals surface area contributed by atoms with Crippen molar-refractivity contribution in [3.8, 4) is 0 Å². The molecule has 1 rings (SSSR count). The fourth-order valence-electron chi connectivity index (χ4n) is 1.47. The van der Waals surface area contributed by atoms with Gasteiger partial charge in [0.15, 0.2) is 0 Å². The first-order chi connectivity index (χ1) is 6.79. The summed E-state index contributed by atoms with van der Waals surface area (Å²) in [7, 11) is 2.06. The maximum Gasteiger partial charge on any atom is 0.142 e. The van der Waals surface area contributed by atoms with Gasteiger partial charge in [-0.25, -0.2) is 4.98 Å². The van der Waals surface area contributed by atoms with Crippen molar-refractivity contribution in [2.24, 2.45) is 5.41 Å². The molecular formula is C11H16Br2N2. The lowest BCUT2D eigenvalue weighted by Crippen LogP contribution is -2.29. The zero-order valence-electron chi connectivity index (χ0n) is 9.51. The van der Waals surface area contributed by atoms with Crippen molar-refractivity contribution in [2.45, 2.75) is 20.8 Å². The number of halogens is 2. The SMILES string of the molecule is CN(CC(C)(C)C)c1ncc(Br)cc1Br. The predicted octanol–water partition coefficient (Wildman–Crippen LogP) is 4.09. The summed E-state index contributed by atoms with van der Waals surface area (Å²) in [4.78, 5) is 6.56. The molecule has 0 radical (unpaired) electrons. The number of anilines is 1. The van der Waals surface area contributed by atoms with E-state index in [4.69, 9.17) is 0 Å². The minimum absolute atomic E-state index is 0.267. The van der Waals surface area contributed by atoms with E-state index in [1.165, 1.54) is 0 Å². The predicted molar refractivity (Wildman–Crippen MR) is 72.4 cm³/mol. The summed E-state index contributed by atoms with van der Waals surface area (Å²) < 4.78 is 2.01. The van der Waals surface area contributed by atoms with Crippen LogP contribution >= 0.6 is 31.9 Å². The number of hydrogen-bond acceptors (Lipinski definition) is 2. The Kier molecular flexibility index (Phi) is 4.18. The summed E-state index contributed by atoms with van der Waals surface area (Å²) >= 11 is 6.92. The van der Waals surface area contributed by atoms with Gasteiger partial charge >= 0.3 is 0 Å². The van der Waals surface area contributed by atoms with Crippen LogP contribution in [-0.4, -0.2) is 18.6 Å². The van der Waals surface area contributed by atoms with Crippen LogP contribution in [-0.2, 0) is 0 Å². The van der Waals surface area contributed by atoms with E-state index in [-0.39, 0.29) is 5.41 Å². The molecule has 1 aromatic heterocycles. The quantitative estimate of drug-likeness (QED) is 0.809. The maximum absolute atomic E-state index is 4.39. The first kappa shape index (κ1) is 13.0. The number of hydrogen-bond donors (Lipinski definition) is 0. The molecule has 0 aliphatic heterocycles. The Balaban J connectivity index is 2.87. The first-order valence-corrected chi connectivity index (χ1v) is 6.40. The molecule has 0 amide bonds. The Morgan fingerprint density at radius 3 is 2.40 bits per heavy atom. The minimum Gasteiger partial charge on any atom is -0.358 e. The van der Waals surface area contributed by atoms with Crippen LogP contribution in [0.25, 0.3) is 0 Å². The lowest BCUT2D eigenvalue weighted by atomic mass is 9.96. The van der Waals surface area contributed by atoms with E-state index >= 15 is 0 Å². The molecule has 0 spiro atoms. The fourth-order valence-corrected chi connectivity index (χ4v) is 2.76. The molecule has 1 aromatic rings. The molecule has 0 bridgehead atoms. The highest BCUT2D eigenvalue weighted by Gasteiger charge is 2.16. The molecule has 0 saturated heterocycles. The average Bonchev–Trinajstić information content (AvgIpc) is 1.99. The van der Waals surface area contributed by atoms with Crippen LogP contribution in [0.2, 0.25) is 0 Å². The summed E-state index contributed by atoms with van der Waals surface area (Å²) in [6.07, 6.45) is 1.82. The normalized spacial score (nSPS) is 11.6. The van der Waals surface area contributed by atoms with Gasteiger partial charge in [0.2, 0.25) is 0 Å². The Bertz CT molecular complexity index is 345.